The van der Waals surface area contributed by atoms with Crippen LogP contribution in [-0.4, -0.2) is 12.6 Å². The fourth-order valence-corrected chi connectivity index (χ4v) is 1.17. The number of hydrogen-bond acceptors (Lipinski definition) is 2. The van der Waals surface area contributed by atoms with Gasteiger partial charge in [-0.25, -0.2) is 0 Å². The van der Waals surface area contributed by atoms with E-state index in [1.54, 1.807) is 0 Å². The largest absolute Gasteiger partial charge is 0.452 e. The molecule has 0 saturated heterocycles. The van der Waals surface area contributed by atoms with Crippen molar-refractivity contribution in [3.05, 3.63) is 0 Å². The molecule has 0 bridgehead atoms. The summed E-state index contributed by atoms with van der Waals surface area (Å²) in [5, 5.41) is 0. The van der Waals surface area contributed by atoms with Crippen LogP contribution < -0.4 is 0 Å². The number of hydrogen-bond donors (Lipinski definition) is 0. The fourth-order valence-electron chi connectivity index (χ4n) is 1.17. The summed E-state index contributed by atoms with van der Waals surface area (Å²) in [6, 6.07) is 0. The summed E-state index contributed by atoms with van der Waals surface area (Å²) in [6.07, 6.45) is 8.92. The molecule has 0 aromatic rings. The summed E-state index contributed by atoms with van der Waals surface area (Å²) in [4.78, 5) is 11.3. The van der Waals surface area contributed by atoms with E-state index in [9.17, 15) is 4.79 Å². The Morgan fingerprint density at radius 3 is 2.69 bits per heavy atom. The number of carbonyl (C=O) groups is 1. The van der Waals surface area contributed by atoms with Crippen molar-refractivity contribution in [2.24, 2.45) is 5.92 Å². The van der Waals surface area contributed by atoms with E-state index >= 15 is 0 Å². The summed E-state index contributed by atoms with van der Waals surface area (Å²) in [5.74, 6) is 2.18. The Balaban J connectivity index is 3.79. The van der Waals surface area contributed by atoms with Gasteiger partial charge in [0, 0.05) is 0 Å². The van der Waals surface area contributed by atoms with Crippen LogP contribution in [0.25, 0.3) is 0 Å². The standard InChI is InChI=1S/C11H18O2/c1-4-7-8-10(6-3)11(12)13-9-5-2/h2,10H,4,6-9H2,1,3H3. The van der Waals surface area contributed by atoms with Gasteiger partial charge in [0.05, 0.1) is 5.92 Å². The van der Waals surface area contributed by atoms with Crippen molar-refractivity contribution in [3.63, 3.8) is 0 Å². The summed E-state index contributed by atoms with van der Waals surface area (Å²) in [5.41, 5.74) is 0. The molecular formula is C11H18O2. The van der Waals surface area contributed by atoms with Crippen LogP contribution in [0.15, 0.2) is 0 Å². The molecule has 0 aliphatic heterocycles. The van der Waals surface area contributed by atoms with E-state index in [2.05, 4.69) is 12.8 Å². The first-order valence-electron chi connectivity index (χ1n) is 4.86. The highest BCUT2D eigenvalue weighted by atomic mass is 16.5. The van der Waals surface area contributed by atoms with Crippen LogP contribution in [0.3, 0.4) is 0 Å². The Hall–Kier alpha value is -0.970. The van der Waals surface area contributed by atoms with Gasteiger partial charge in [-0.1, -0.05) is 32.6 Å². The molecule has 0 aliphatic carbocycles. The number of terminal acetylenes is 1. The maximum Gasteiger partial charge on any atom is 0.309 e. The molecular weight excluding hydrogens is 164 g/mol. The van der Waals surface area contributed by atoms with Crippen molar-refractivity contribution in [1.29, 1.82) is 0 Å². The zero-order valence-electron chi connectivity index (χ0n) is 8.51. The number of esters is 1. The lowest BCUT2D eigenvalue weighted by Gasteiger charge is -2.11. The Labute approximate surface area is 80.7 Å². The zero-order valence-corrected chi connectivity index (χ0v) is 8.51. The second-order valence-electron chi connectivity index (χ2n) is 3.06. The zero-order chi connectivity index (χ0) is 10.1. The molecule has 0 amide bonds. The van der Waals surface area contributed by atoms with Crippen molar-refractivity contribution in [2.75, 3.05) is 6.61 Å². The monoisotopic (exact) mass is 182 g/mol. The Morgan fingerprint density at radius 1 is 1.54 bits per heavy atom. The first-order valence-corrected chi connectivity index (χ1v) is 4.86. The number of rotatable bonds is 6. The smallest absolute Gasteiger partial charge is 0.309 e. The maximum atomic E-state index is 11.3. The SMILES string of the molecule is C#CCOC(=O)C(CC)CCCC. The third kappa shape index (κ3) is 5.30. The highest BCUT2D eigenvalue weighted by molar-refractivity contribution is 5.72. The molecule has 2 heteroatoms. The van der Waals surface area contributed by atoms with Gasteiger partial charge in [0.2, 0.25) is 0 Å². The van der Waals surface area contributed by atoms with E-state index in [1.807, 2.05) is 6.92 Å². The van der Waals surface area contributed by atoms with Gasteiger partial charge in [-0.2, -0.15) is 0 Å². The molecule has 13 heavy (non-hydrogen) atoms. The lowest BCUT2D eigenvalue weighted by molar-refractivity contribution is -0.147. The Bertz CT molecular complexity index is 179. The van der Waals surface area contributed by atoms with Gasteiger partial charge in [0.15, 0.2) is 6.61 Å². The molecule has 1 unspecified atom stereocenters. The van der Waals surface area contributed by atoms with Crippen molar-refractivity contribution in [2.45, 2.75) is 39.5 Å². The van der Waals surface area contributed by atoms with Crippen molar-refractivity contribution < 1.29 is 9.53 Å². The van der Waals surface area contributed by atoms with Gasteiger partial charge in [0.1, 0.15) is 0 Å². The summed E-state index contributed by atoms with van der Waals surface area (Å²) < 4.78 is 4.87. The minimum absolute atomic E-state index is 0.0355. The lowest BCUT2D eigenvalue weighted by atomic mass is 10.00. The van der Waals surface area contributed by atoms with Crippen LogP contribution in [0.2, 0.25) is 0 Å². The number of unbranched alkanes of at least 4 members (excludes halogenated alkanes) is 1. The topological polar surface area (TPSA) is 26.3 Å². The summed E-state index contributed by atoms with van der Waals surface area (Å²) in [6.45, 7) is 4.21. The van der Waals surface area contributed by atoms with Crippen molar-refractivity contribution in [1.82, 2.24) is 0 Å². The first-order chi connectivity index (χ1) is 6.26. The van der Waals surface area contributed by atoms with E-state index in [0.29, 0.717) is 0 Å². The minimum atomic E-state index is -0.145. The van der Waals surface area contributed by atoms with Gasteiger partial charge in [-0.3, -0.25) is 4.79 Å². The average Bonchev–Trinajstić information content (AvgIpc) is 2.16. The second-order valence-corrected chi connectivity index (χ2v) is 3.06. The average molecular weight is 182 g/mol. The predicted molar refractivity (Wildman–Crippen MR) is 53.1 cm³/mol. The second kappa shape index (κ2) is 7.67. The molecule has 0 spiro atoms. The maximum absolute atomic E-state index is 11.3. The highest BCUT2D eigenvalue weighted by Gasteiger charge is 2.16. The van der Waals surface area contributed by atoms with Gasteiger partial charge in [-0.05, 0) is 12.8 Å². The van der Waals surface area contributed by atoms with Crippen LogP contribution in [-0.2, 0) is 9.53 Å². The molecule has 0 radical (unpaired) electrons. The van der Waals surface area contributed by atoms with Gasteiger partial charge < -0.3 is 4.74 Å². The van der Waals surface area contributed by atoms with E-state index in [0.717, 1.165) is 25.7 Å². The van der Waals surface area contributed by atoms with Crippen molar-refractivity contribution in [3.8, 4) is 12.3 Å². The predicted octanol–water partition coefficient (Wildman–Crippen LogP) is 2.38. The molecule has 0 N–H and O–H groups in total. The fraction of sp³-hybridized carbons (Fsp3) is 0.727. The molecule has 0 heterocycles. The normalized spacial score (nSPS) is 11.8. The molecule has 2 nitrogen and oxygen atoms in total. The van der Waals surface area contributed by atoms with Gasteiger partial charge in [0.25, 0.3) is 0 Å². The van der Waals surface area contributed by atoms with Crippen LogP contribution in [0.4, 0.5) is 0 Å². The first kappa shape index (κ1) is 12.0. The molecule has 74 valence electrons. The molecule has 1 atom stereocenters. The Kier molecular flexibility index (Phi) is 7.10. The highest BCUT2D eigenvalue weighted by Crippen LogP contribution is 2.13. The molecule has 0 aromatic heterocycles. The van der Waals surface area contributed by atoms with Gasteiger partial charge in [-0.15, -0.1) is 6.42 Å². The summed E-state index contributed by atoms with van der Waals surface area (Å²) >= 11 is 0. The van der Waals surface area contributed by atoms with Crippen LogP contribution >= 0.6 is 0 Å². The Morgan fingerprint density at radius 2 is 2.23 bits per heavy atom. The molecule has 0 aromatic carbocycles. The number of ether oxygens (including phenoxy) is 1. The summed E-state index contributed by atoms with van der Waals surface area (Å²) in [7, 11) is 0. The van der Waals surface area contributed by atoms with Crippen LogP contribution in [0.5, 0.6) is 0 Å². The third-order valence-electron chi connectivity index (χ3n) is 2.03. The van der Waals surface area contributed by atoms with E-state index < -0.39 is 0 Å². The van der Waals surface area contributed by atoms with Crippen LogP contribution in [0.1, 0.15) is 39.5 Å². The molecule has 0 rings (SSSR count). The van der Waals surface area contributed by atoms with E-state index in [1.165, 1.54) is 0 Å². The van der Waals surface area contributed by atoms with Crippen LogP contribution in [0, 0.1) is 18.3 Å². The minimum Gasteiger partial charge on any atom is -0.452 e. The number of carbonyl (C=O) groups excluding carboxylic acids is 1. The van der Waals surface area contributed by atoms with E-state index in [-0.39, 0.29) is 18.5 Å². The molecule has 0 saturated carbocycles. The van der Waals surface area contributed by atoms with E-state index in [4.69, 9.17) is 11.2 Å². The lowest BCUT2D eigenvalue weighted by Crippen LogP contribution is -2.17. The third-order valence-corrected chi connectivity index (χ3v) is 2.03. The quantitative estimate of drug-likeness (QED) is 0.465. The van der Waals surface area contributed by atoms with Crippen molar-refractivity contribution >= 4 is 5.97 Å². The van der Waals surface area contributed by atoms with Gasteiger partial charge >= 0.3 is 5.97 Å². The molecule has 0 aliphatic rings. The molecule has 0 fully saturated rings.